The van der Waals surface area contributed by atoms with Crippen LogP contribution in [0.3, 0.4) is 0 Å². The summed E-state index contributed by atoms with van der Waals surface area (Å²) in [5, 5.41) is 8.18. The summed E-state index contributed by atoms with van der Waals surface area (Å²) in [6, 6.07) is 10.4. The van der Waals surface area contributed by atoms with Gasteiger partial charge in [0.25, 0.3) is 0 Å². The highest BCUT2D eigenvalue weighted by molar-refractivity contribution is 6.30. The van der Waals surface area contributed by atoms with E-state index >= 15 is 0 Å². The van der Waals surface area contributed by atoms with Crippen molar-refractivity contribution in [2.45, 2.75) is 45.3 Å². The van der Waals surface area contributed by atoms with Crippen molar-refractivity contribution in [1.29, 1.82) is 0 Å². The molecule has 0 saturated heterocycles. The number of carbonyl (C=O) groups is 1. The van der Waals surface area contributed by atoms with E-state index in [1.165, 1.54) is 4.57 Å². The predicted molar refractivity (Wildman–Crippen MR) is 121 cm³/mol. The van der Waals surface area contributed by atoms with Crippen LogP contribution in [-0.2, 0) is 20.2 Å². The molecule has 0 bridgehead atoms. The van der Waals surface area contributed by atoms with E-state index < -0.39 is 29.9 Å². The number of hydrogen-bond donors (Lipinski definition) is 0. The van der Waals surface area contributed by atoms with Gasteiger partial charge in [-0.15, -0.1) is 10.2 Å². The minimum absolute atomic E-state index is 0.0798. The second-order valence-corrected chi connectivity index (χ2v) is 8.43. The molecule has 3 aromatic rings. The number of fused-ring (bicyclic) bond motifs is 3. The third-order valence-corrected chi connectivity index (χ3v) is 5.90. The molecule has 10 heteroatoms. The fourth-order valence-electron chi connectivity index (χ4n) is 4.15. The summed E-state index contributed by atoms with van der Waals surface area (Å²) in [7, 11) is 1.56. The highest BCUT2D eigenvalue weighted by atomic mass is 35.5. The molecule has 2 heterocycles. The number of benzene rings is 2. The highest BCUT2D eigenvalue weighted by Gasteiger charge is 2.40. The normalized spacial score (nSPS) is 17.5. The van der Waals surface area contributed by atoms with Gasteiger partial charge in [-0.1, -0.05) is 23.7 Å². The van der Waals surface area contributed by atoms with E-state index in [1.54, 1.807) is 32.2 Å². The van der Waals surface area contributed by atoms with Gasteiger partial charge in [0.1, 0.15) is 18.0 Å². The lowest BCUT2D eigenvalue weighted by Crippen LogP contribution is -2.19. The van der Waals surface area contributed by atoms with Crippen LogP contribution in [0.2, 0.25) is 5.02 Å². The molecule has 0 saturated carbocycles. The molecular weight excluding hydrogens is 468 g/mol. The van der Waals surface area contributed by atoms with Crippen LogP contribution in [0.4, 0.5) is 8.78 Å². The first-order chi connectivity index (χ1) is 16.2. The molecule has 1 aromatic heterocycles. The van der Waals surface area contributed by atoms with Crippen LogP contribution < -0.4 is 4.74 Å². The number of aromatic nitrogens is 3. The van der Waals surface area contributed by atoms with Crippen molar-refractivity contribution in [2.24, 2.45) is 0 Å². The average molecular weight is 492 g/mol. The first-order valence-electron chi connectivity index (χ1n) is 10.7. The summed E-state index contributed by atoms with van der Waals surface area (Å²) in [5.74, 6) is -3.70. The Morgan fingerprint density at radius 3 is 2.68 bits per heavy atom. The molecule has 180 valence electrons. The van der Waals surface area contributed by atoms with E-state index in [0.29, 0.717) is 22.0 Å². The zero-order valence-electron chi connectivity index (χ0n) is 19.1. The summed E-state index contributed by atoms with van der Waals surface area (Å²) in [5.41, 5.74) is 2.45. The molecule has 2 aromatic carbocycles. The van der Waals surface area contributed by atoms with Crippen molar-refractivity contribution < 1.29 is 27.8 Å². The predicted octanol–water partition coefficient (Wildman–Crippen LogP) is 5.46. The van der Waals surface area contributed by atoms with Crippen LogP contribution in [0.1, 0.15) is 60.8 Å². The molecule has 0 N–H and O–H groups in total. The molecule has 34 heavy (non-hydrogen) atoms. The monoisotopic (exact) mass is 491 g/mol. The number of methoxy groups -OCH3 is 1. The van der Waals surface area contributed by atoms with Crippen molar-refractivity contribution >= 4 is 17.6 Å². The maximum Gasteiger partial charge on any atom is 0.308 e. The van der Waals surface area contributed by atoms with Crippen molar-refractivity contribution in [2.75, 3.05) is 13.7 Å². The number of rotatable bonds is 6. The smallest absolute Gasteiger partial charge is 0.308 e. The Labute approximate surface area is 200 Å². The van der Waals surface area contributed by atoms with Crippen LogP contribution in [0.5, 0.6) is 5.75 Å². The van der Waals surface area contributed by atoms with Crippen LogP contribution in [0.15, 0.2) is 36.4 Å². The largest absolute Gasteiger partial charge is 0.496 e. The zero-order valence-corrected chi connectivity index (χ0v) is 19.9. The summed E-state index contributed by atoms with van der Waals surface area (Å²) in [4.78, 5) is 12.4. The lowest BCUT2D eigenvalue weighted by atomic mass is 9.95. The number of nitrogens with zero attached hydrogens (tertiary/aromatic N) is 3. The quantitative estimate of drug-likeness (QED) is 0.426. The SMILES string of the molecule is CCOC(=O)CC1OC(c2cccc(OC)c2C)c2cc(Cl)ccc2-n2c1nnc2C(C)(F)F. The van der Waals surface area contributed by atoms with Gasteiger partial charge in [-0.05, 0) is 49.2 Å². The zero-order chi connectivity index (χ0) is 24.6. The third kappa shape index (κ3) is 4.37. The molecule has 2 unspecified atom stereocenters. The van der Waals surface area contributed by atoms with Gasteiger partial charge in [-0.2, -0.15) is 8.78 Å². The standard InChI is InChI=1S/C24H24ClF2N3O4/c1-5-33-20(31)12-19-22-28-29-23(24(3,26)27)30(22)17-10-9-14(25)11-16(17)21(34-19)15-7-6-8-18(32-4)13(15)2/h6-11,19,21H,5,12H2,1-4H3. The number of ether oxygens (including phenoxy) is 3. The summed E-state index contributed by atoms with van der Waals surface area (Å²) < 4.78 is 47.4. The maximum absolute atomic E-state index is 14.6. The van der Waals surface area contributed by atoms with Crippen LogP contribution in [0.25, 0.3) is 5.69 Å². The van der Waals surface area contributed by atoms with Gasteiger partial charge in [0.15, 0.2) is 5.82 Å². The topological polar surface area (TPSA) is 75.5 Å². The molecule has 1 aliphatic heterocycles. The van der Waals surface area contributed by atoms with Gasteiger partial charge in [0, 0.05) is 17.5 Å². The molecule has 0 spiro atoms. The second kappa shape index (κ2) is 9.31. The Hall–Kier alpha value is -3.04. The molecule has 1 aliphatic rings. The first-order valence-corrected chi connectivity index (χ1v) is 11.1. The van der Waals surface area contributed by atoms with Gasteiger partial charge in [0.05, 0.1) is 25.8 Å². The minimum Gasteiger partial charge on any atom is -0.496 e. The van der Waals surface area contributed by atoms with E-state index in [2.05, 4.69) is 10.2 Å². The molecule has 4 rings (SSSR count). The van der Waals surface area contributed by atoms with E-state index in [1.807, 2.05) is 25.1 Å². The fraction of sp³-hybridized carbons (Fsp3) is 0.375. The van der Waals surface area contributed by atoms with Crippen molar-refractivity contribution in [3.63, 3.8) is 0 Å². The Morgan fingerprint density at radius 1 is 1.24 bits per heavy atom. The van der Waals surface area contributed by atoms with Gasteiger partial charge in [-0.25, -0.2) is 0 Å². The van der Waals surface area contributed by atoms with E-state index in [9.17, 15) is 13.6 Å². The van der Waals surface area contributed by atoms with E-state index in [0.717, 1.165) is 18.1 Å². The van der Waals surface area contributed by atoms with Crippen LogP contribution >= 0.6 is 11.6 Å². The number of carbonyl (C=O) groups excluding carboxylic acids is 1. The van der Waals surface area contributed by atoms with Gasteiger partial charge in [-0.3, -0.25) is 9.36 Å². The molecule has 0 radical (unpaired) electrons. The van der Waals surface area contributed by atoms with Crippen molar-refractivity contribution in [3.05, 3.63) is 69.8 Å². The Kier molecular flexibility index (Phi) is 6.60. The molecule has 0 amide bonds. The number of hydrogen-bond acceptors (Lipinski definition) is 6. The fourth-order valence-corrected chi connectivity index (χ4v) is 4.33. The highest BCUT2D eigenvalue weighted by Crippen LogP contribution is 2.45. The molecule has 7 nitrogen and oxygen atoms in total. The second-order valence-electron chi connectivity index (χ2n) is 8.00. The lowest BCUT2D eigenvalue weighted by Gasteiger charge is -2.24. The first kappa shape index (κ1) is 24.1. The van der Waals surface area contributed by atoms with E-state index in [-0.39, 0.29) is 18.9 Å². The Morgan fingerprint density at radius 2 is 2.00 bits per heavy atom. The van der Waals surface area contributed by atoms with E-state index in [4.69, 9.17) is 25.8 Å². The lowest BCUT2D eigenvalue weighted by molar-refractivity contribution is -0.147. The number of esters is 1. The summed E-state index contributed by atoms with van der Waals surface area (Å²) >= 11 is 6.33. The Balaban J connectivity index is 1.98. The molecule has 2 atom stereocenters. The molecule has 0 aliphatic carbocycles. The van der Waals surface area contributed by atoms with Crippen LogP contribution in [-0.4, -0.2) is 34.5 Å². The maximum atomic E-state index is 14.6. The number of halogens is 3. The number of alkyl halides is 2. The van der Waals surface area contributed by atoms with Gasteiger partial charge >= 0.3 is 11.9 Å². The van der Waals surface area contributed by atoms with Crippen molar-refractivity contribution in [3.8, 4) is 11.4 Å². The van der Waals surface area contributed by atoms with Gasteiger partial charge in [0.2, 0.25) is 5.82 Å². The third-order valence-electron chi connectivity index (χ3n) is 5.67. The average Bonchev–Trinajstić information content (AvgIpc) is 3.18. The summed E-state index contributed by atoms with van der Waals surface area (Å²) in [6.45, 7) is 4.48. The van der Waals surface area contributed by atoms with Crippen molar-refractivity contribution in [1.82, 2.24) is 14.8 Å². The molecule has 0 fully saturated rings. The summed E-state index contributed by atoms with van der Waals surface area (Å²) in [6.07, 6.45) is -2.00. The van der Waals surface area contributed by atoms with Gasteiger partial charge < -0.3 is 14.2 Å². The van der Waals surface area contributed by atoms with Crippen LogP contribution in [0, 0.1) is 6.92 Å². The molecular formula is C24H24ClF2N3O4. The minimum atomic E-state index is -3.30. The Bertz CT molecular complexity index is 1230.